The summed E-state index contributed by atoms with van der Waals surface area (Å²) in [6, 6.07) is 14.4. The summed E-state index contributed by atoms with van der Waals surface area (Å²) in [6.45, 7) is 0. The van der Waals surface area contributed by atoms with Gasteiger partial charge in [-0.15, -0.1) is 0 Å². The second kappa shape index (κ2) is 8.84. The molecule has 162 valence electrons. The molecule has 0 aliphatic carbocycles. The molecule has 8 heteroatoms. The van der Waals surface area contributed by atoms with Crippen molar-refractivity contribution in [2.45, 2.75) is 6.04 Å². The second-order valence-electron chi connectivity index (χ2n) is 6.97. The van der Waals surface area contributed by atoms with Crippen LogP contribution in [-0.4, -0.2) is 36.0 Å². The molecular formula is C24H19BrN2O5. The Morgan fingerprint density at radius 1 is 1.00 bits per heavy atom. The van der Waals surface area contributed by atoms with Crippen molar-refractivity contribution >= 4 is 39.1 Å². The molecule has 1 aliphatic rings. The molecule has 2 aromatic carbocycles. The lowest BCUT2D eigenvalue weighted by molar-refractivity contribution is -0.132. The molecule has 1 saturated heterocycles. The number of carbonyl (C=O) groups excluding carboxylic acids is 2. The topological polar surface area (TPSA) is 89.0 Å². The number of hydrogen-bond donors (Lipinski definition) is 1. The minimum atomic E-state index is -0.866. The van der Waals surface area contributed by atoms with Crippen molar-refractivity contribution in [3.8, 4) is 11.5 Å². The molecule has 1 N–H and O–H groups in total. The van der Waals surface area contributed by atoms with Crippen LogP contribution in [-0.2, 0) is 9.59 Å². The van der Waals surface area contributed by atoms with E-state index in [1.54, 1.807) is 67.0 Å². The van der Waals surface area contributed by atoms with Crippen molar-refractivity contribution < 1.29 is 24.2 Å². The summed E-state index contributed by atoms with van der Waals surface area (Å²) < 4.78 is 11.3. The van der Waals surface area contributed by atoms with Crippen molar-refractivity contribution in [2.75, 3.05) is 19.1 Å². The fraction of sp³-hybridized carbons (Fsp3) is 0.125. The van der Waals surface area contributed by atoms with E-state index < -0.39 is 17.7 Å². The molecule has 1 amide bonds. The van der Waals surface area contributed by atoms with Crippen molar-refractivity contribution in [1.29, 1.82) is 0 Å². The van der Waals surface area contributed by atoms with E-state index in [4.69, 9.17) is 9.47 Å². The fourth-order valence-electron chi connectivity index (χ4n) is 3.74. The number of benzene rings is 2. The smallest absolute Gasteiger partial charge is 0.300 e. The number of rotatable bonds is 5. The number of Topliss-reactive ketones (excluding diaryl/α,β-unsaturated/α-hetero) is 1. The average molecular weight is 495 g/mol. The van der Waals surface area contributed by atoms with Crippen LogP contribution in [0.2, 0.25) is 0 Å². The van der Waals surface area contributed by atoms with Gasteiger partial charge in [0.2, 0.25) is 0 Å². The molecule has 2 heterocycles. The molecule has 0 radical (unpaired) electrons. The third-order valence-corrected chi connectivity index (χ3v) is 5.86. The number of nitrogens with zero attached hydrogens (tertiary/aromatic N) is 2. The highest BCUT2D eigenvalue weighted by Crippen LogP contribution is 2.45. The Hall–Kier alpha value is -3.65. The first-order valence-electron chi connectivity index (χ1n) is 9.65. The maximum absolute atomic E-state index is 13.2. The van der Waals surface area contributed by atoms with Gasteiger partial charge in [0.05, 0.1) is 36.0 Å². The molecule has 32 heavy (non-hydrogen) atoms. The number of pyridine rings is 1. The Bertz CT molecular complexity index is 1230. The van der Waals surface area contributed by atoms with Crippen LogP contribution in [0.3, 0.4) is 0 Å². The van der Waals surface area contributed by atoms with Gasteiger partial charge in [0, 0.05) is 18.0 Å². The van der Waals surface area contributed by atoms with E-state index in [2.05, 4.69) is 20.9 Å². The number of para-hydroxylation sites is 2. The van der Waals surface area contributed by atoms with Gasteiger partial charge in [-0.2, -0.15) is 0 Å². The van der Waals surface area contributed by atoms with E-state index in [0.29, 0.717) is 32.8 Å². The monoisotopic (exact) mass is 494 g/mol. The normalized spacial score (nSPS) is 17.5. The molecule has 1 aromatic heterocycles. The van der Waals surface area contributed by atoms with Gasteiger partial charge >= 0.3 is 0 Å². The molecule has 3 aromatic rings. The summed E-state index contributed by atoms with van der Waals surface area (Å²) in [6.07, 6.45) is 3.14. The van der Waals surface area contributed by atoms with Crippen molar-refractivity contribution in [3.05, 3.63) is 88.2 Å². The van der Waals surface area contributed by atoms with Crippen LogP contribution in [0.4, 0.5) is 5.69 Å². The number of aliphatic hydroxyl groups is 1. The molecule has 7 nitrogen and oxygen atoms in total. The van der Waals surface area contributed by atoms with Gasteiger partial charge in [0.15, 0.2) is 0 Å². The van der Waals surface area contributed by atoms with Crippen LogP contribution in [0.5, 0.6) is 11.5 Å². The van der Waals surface area contributed by atoms with Crippen molar-refractivity contribution in [3.63, 3.8) is 0 Å². The Labute approximate surface area is 193 Å². The number of halogens is 1. The summed E-state index contributed by atoms with van der Waals surface area (Å²) in [5.41, 5.74) is 1.40. The predicted octanol–water partition coefficient (Wildman–Crippen LogP) is 4.49. The summed E-state index contributed by atoms with van der Waals surface area (Å²) in [7, 11) is 3.02. The highest BCUT2D eigenvalue weighted by molar-refractivity contribution is 9.10. The molecule has 1 fully saturated rings. The number of ether oxygens (including phenoxy) is 2. The zero-order valence-electron chi connectivity index (χ0n) is 17.3. The highest BCUT2D eigenvalue weighted by atomic mass is 79.9. The lowest BCUT2D eigenvalue weighted by Crippen LogP contribution is -2.29. The minimum absolute atomic E-state index is 0.0239. The zero-order chi connectivity index (χ0) is 22.8. The first-order valence-corrected chi connectivity index (χ1v) is 10.4. The summed E-state index contributed by atoms with van der Waals surface area (Å²) in [5.74, 6) is -0.833. The number of hydrogen-bond acceptors (Lipinski definition) is 6. The minimum Gasteiger partial charge on any atom is -0.507 e. The zero-order valence-corrected chi connectivity index (χ0v) is 18.9. The molecule has 0 bridgehead atoms. The lowest BCUT2D eigenvalue weighted by Gasteiger charge is -2.26. The second-order valence-corrected chi connectivity index (χ2v) is 7.83. The predicted molar refractivity (Wildman–Crippen MR) is 123 cm³/mol. The largest absolute Gasteiger partial charge is 0.507 e. The number of aromatic nitrogens is 1. The highest BCUT2D eigenvalue weighted by Gasteiger charge is 2.47. The van der Waals surface area contributed by atoms with Gasteiger partial charge in [-0.05, 0) is 64.0 Å². The number of amides is 1. The quantitative estimate of drug-likeness (QED) is 0.319. The van der Waals surface area contributed by atoms with E-state index in [0.717, 1.165) is 0 Å². The van der Waals surface area contributed by atoms with E-state index in [1.165, 1.54) is 19.1 Å². The SMILES string of the molecule is COc1ccc(/C(O)=C2/C(=O)C(=O)N(c3ccccc3OC)C2c2ccncc2)cc1Br. The Morgan fingerprint density at radius 2 is 1.69 bits per heavy atom. The number of aliphatic hydroxyl groups excluding tert-OH is 1. The van der Waals surface area contributed by atoms with Gasteiger partial charge in [-0.25, -0.2) is 0 Å². The van der Waals surface area contributed by atoms with Crippen molar-refractivity contribution in [2.24, 2.45) is 0 Å². The van der Waals surface area contributed by atoms with Crippen LogP contribution in [0.15, 0.2) is 77.0 Å². The first-order chi connectivity index (χ1) is 15.5. The Morgan fingerprint density at radius 3 is 2.34 bits per heavy atom. The maximum Gasteiger partial charge on any atom is 0.300 e. The average Bonchev–Trinajstić information content (AvgIpc) is 3.09. The lowest BCUT2D eigenvalue weighted by atomic mass is 9.95. The van der Waals surface area contributed by atoms with Crippen LogP contribution >= 0.6 is 15.9 Å². The van der Waals surface area contributed by atoms with Crippen LogP contribution < -0.4 is 14.4 Å². The number of ketones is 1. The van der Waals surface area contributed by atoms with E-state index in [-0.39, 0.29) is 11.3 Å². The Balaban J connectivity index is 1.95. The molecule has 1 atom stereocenters. The van der Waals surface area contributed by atoms with Gasteiger partial charge in [0.1, 0.15) is 17.3 Å². The van der Waals surface area contributed by atoms with Gasteiger partial charge in [0.25, 0.3) is 11.7 Å². The Kier molecular flexibility index (Phi) is 5.96. The van der Waals surface area contributed by atoms with Crippen molar-refractivity contribution in [1.82, 2.24) is 4.98 Å². The number of methoxy groups -OCH3 is 2. The molecule has 1 unspecified atom stereocenters. The molecule has 0 spiro atoms. The fourth-order valence-corrected chi connectivity index (χ4v) is 4.28. The van der Waals surface area contributed by atoms with Crippen LogP contribution in [0.25, 0.3) is 5.76 Å². The van der Waals surface area contributed by atoms with E-state index >= 15 is 0 Å². The molecule has 0 saturated carbocycles. The van der Waals surface area contributed by atoms with Gasteiger partial charge in [-0.3, -0.25) is 19.5 Å². The van der Waals surface area contributed by atoms with Gasteiger partial charge in [-0.1, -0.05) is 12.1 Å². The standard InChI is InChI=1S/C24H19BrN2O5/c1-31-18-8-7-15(13-16(18)25)22(28)20-21(14-9-11-26-12-10-14)27(24(30)23(20)29)17-5-3-4-6-19(17)32-2/h3-13,21,28H,1-2H3/b22-20-. The van der Waals surface area contributed by atoms with Gasteiger partial charge < -0.3 is 14.6 Å². The third kappa shape index (κ3) is 3.62. The van der Waals surface area contributed by atoms with E-state index in [1.807, 2.05) is 0 Å². The molecule has 1 aliphatic heterocycles. The summed E-state index contributed by atoms with van der Waals surface area (Å²) >= 11 is 3.39. The number of carbonyl (C=O) groups is 2. The third-order valence-electron chi connectivity index (χ3n) is 5.24. The first kappa shape index (κ1) is 21.6. The maximum atomic E-state index is 13.2. The summed E-state index contributed by atoms with van der Waals surface area (Å²) in [5, 5.41) is 11.2. The van der Waals surface area contributed by atoms with Crippen LogP contribution in [0.1, 0.15) is 17.2 Å². The molecular weight excluding hydrogens is 476 g/mol. The summed E-state index contributed by atoms with van der Waals surface area (Å²) in [4.78, 5) is 31.8. The van der Waals surface area contributed by atoms with Crippen LogP contribution in [0, 0.1) is 0 Å². The number of anilines is 1. The van der Waals surface area contributed by atoms with E-state index in [9.17, 15) is 14.7 Å². The molecule has 4 rings (SSSR count).